The summed E-state index contributed by atoms with van der Waals surface area (Å²) in [6.45, 7) is 7.84. The van der Waals surface area contributed by atoms with Crippen molar-refractivity contribution in [3.63, 3.8) is 0 Å². The molecule has 0 aromatic heterocycles. The lowest BCUT2D eigenvalue weighted by Crippen LogP contribution is -2.45. The molecule has 0 aromatic carbocycles. The number of carbonyl (C=O) groups is 1. The Morgan fingerprint density at radius 2 is 2.00 bits per heavy atom. The molecular formula is C14H30N2O3. The lowest BCUT2D eigenvalue weighted by Gasteiger charge is -2.16. The molecule has 2 atom stereocenters. The maximum atomic E-state index is 11.4. The lowest BCUT2D eigenvalue weighted by atomic mass is 10.2. The molecule has 0 heterocycles. The van der Waals surface area contributed by atoms with Crippen molar-refractivity contribution in [1.82, 2.24) is 10.6 Å². The first kappa shape index (κ1) is 18.4. The van der Waals surface area contributed by atoms with Gasteiger partial charge in [0.1, 0.15) is 0 Å². The molecule has 19 heavy (non-hydrogen) atoms. The van der Waals surface area contributed by atoms with Crippen LogP contribution in [0.25, 0.3) is 0 Å². The molecule has 114 valence electrons. The van der Waals surface area contributed by atoms with E-state index in [4.69, 9.17) is 4.74 Å². The van der Waals surface area contributed by atoms with Crippen molar-refractivity contribution in [2.45, 2.75) is 58.6 Å². The highest BCUT2D eigenvalue weighted by Crippen LogP contribution is 1.99. The van der Waals surface area contributed by atoms with E-state index in [-0.39, 0.29) is 11.9 Å². The number of ether oxygens (including phenoxy) is 1. The SMILES string of the molecule is CCCCCCOCC(O)CNC(C)C(=O)NCC. The summed E-state index contributed by atoms with van der Waals surface area (Å²) in [6.07, 6.45) is 4.10. The van der Waals surface area contributed by atoms with Crippen LogP contribution >= 0.6 is 0 Å². The van der Waals surface area contributed by atoms with Gasteiger partial charge in [-0.15, -0.1) is 0 Å². The van der Waals surface area contributed by atoms with Crippen LogP contribution in [0.2, 0.25) is 0 Å². The van der Waals surface area contributed by atoms with Crippen molar-refractivity contribution in [3.05, 3.63) is 0 Å². The van der Waals surface area contributed by atoms with Gasteiger partial charge < -0.3 is 20.5 Å². The van der Waals surface area contributed by atoms with Crippen LogP contribution < -0.4 is 10.6 Å². The minimum Gasteiger partial charge on any atom is -0.389 e. The van der Waals surface area contributed by atoms with E-state index in [1.165, 1.54) is 19.3 Å². The molecule has 0 saturated heterocycles. The van der Waals surface area contributed by atoms with Crippen molar-refractivity contribution in [2.75, 3.05) is 26.3 Å². The highest BCUT2D eigenvalue weighted by atomic mass is 16.5. The third kappa shape index (κ3) is 10.9. The third-order valence-electron chi connectivity index (χ3n) is 2.86. The van der Waals surface area contributed by atoms with Gasteiger partial charge in [0.15, 0.2) is 0 Å². The van der Waals surface area contributed by atoms with Crippen LogP contribution in [-0.2, 0) is 9.53 Å². The van der Waals surface area contributed by atoms with Crippen molar-refractivity contribution < 1.29 is 14.6 Å². The Labute approximate surface area is 117 Å². The Morgan fingerprint density at radius 3 is 2.63 bits per heavy atom. The molecule has 0 aromatic rings. The molecular weight excluding hydrogens is 244 g/mol. The average Bonchev–Trinajstić information content (AvgIpc) is 2.40. The summed E-state index contributed by atoms with van der Waals surface area (Å²) in [5, 5.41) is 15.4. The van der Waals surface area contributed by atoms with Crippen LogP contribution in [0.1, 0.15) is 46.5 Å². The fourth-order valence-corrected chi connectivity index (χ4v) is 1.64. The maximum Gasteiger partial charge on any atom is 0.236 e. The van der Waals surface area contributed by atoms with Crippen molar-refractivity contribution in [2.24, 2.45) is 0 Å². The third-order valence-corrected chi connectivity index (χ3v) is 2.86. The van der Waals surface area contributed by atoms with Crippen molar-refractivity contribution >= 4 is 5.91 Å². The minimum atomic E-state index is -0.567. The summed E-state index contributed by atoms with van der Waals surface area (Å²) in [7, 11) is 0. The van der Waals surface area contributed by atoms with Crippen LogP contribution in [0.4, 0.5) is 0 Å². The first-order chi connectivity index (χ1) is 9.11. The number of aliphatic hydroxyl groups is 1. The molecule has 0 bridgehead atoms. The van der Waals surface area contributed by atoms with E-state index >= 15 is 0 Å². The van der Waals surface area contributed by atoms with E-state index in [1.54, 1.807) is 6.92 Å². The fourth-order valence-electron chi connectivity index (χ4n) is 1.64. The van der Waals surface area contributed by atoms with Crippen LogP contribution in [0.15, 0.2) is 0 Å². The van der Waals surface area contributed by atoms with Gasteiger partial charge in [-0.25, -0.2) is 0 Å². The second kappa shape index (κ2) is 12.4. The number of rotatable bonds is 12. The lowest BCUT2D eigenvalue weighted by molar-refractivity contribution is -0.122. The van der Waals surface area contributed by atoms with Gasteiger partial charge >= 0.3 is 0 Å². The predicted molar refractivity (Wildman–Crippen MR) is 77.1 cm³/mol. The van der Waals surface area contributed by atoms with Gasteiger partial charge in [-0.1, -0.05) is 26.2 Å². The molecule has 0 aliphatic rings. The zero-order chi connectivity index (χ0) is 14.5. The minimum absolute atomic E-state index is 0.0461. The molecule has 2 unspecified atom stereocenters. The quantitative estimate of drug-likeness (QED) is 0.465. The van der Waals surface area contributed by atoms with E-state index in [0.29, 0.717) is 26.3 Å². The number of hydrogen-bond acceptors (Lipinski definition) is 4. The van der Waals surface area contributed by atoms with Gasteiger partial charge in [0, 0.05) is 19.7 Å². The van der Waals surface area contributed by atoms with Gasteiger partial charge in [-0.05, 0) is 20.3 Å². The number of amides is 1. The number of carbonyl (C=O) groups excluding carboxylic acids is 1. The standard InChI is InChI=1S/C14H30N2O3/c1-4-6-7-8-9-19-11-13(17)10-16-12(3)14(18)15-5-2/h12-13,16-17H,4-11H2,1-3H3,(H,15,18). The Balaban J connectivity index is 3.48. The normalized spacial score (nSPS) is 14.1. The van der Waals surface area contributed by atoms with Gasteiger partial charge in [0.25, 0.3) is 0 Å². The monoisotopic (exact) mass is 274 g/mol. The zero-order valence-corrected chi connectivity index (χ0v) is 12.6. The summed E-state index contributed by atoms with van der Waals surface area (Å²) in [5.74, 6) is -0.0461. The highest BCUT2D eigenvalue weighted by Gasteiger charge is 2.12. The van der Waals surface area contributed by atoms with Gasteiger partial charge in [0.2, 0.25) is 5.91 Å². The van der Waals surface area contributed by atoms with E-state index in [2.05, 4.69) is 17.6 Å². The van der Waals surface area contributed by atoms with Gasteiger partial charge in [0.05, 0.1) is 18.8 Å². The molecule has 0 rings (SSSR count). The molecule has 0 radical (unpaired) electrons. The number of hydrogen-bond donors (Lipinski definition) is 3. The Hall–Kier alpha value is -0.650. The maximum absolute atomic E-state index is 11.4. The van der Waals surface area contributed by atoms with Crippen LogP contribution in [-0.4, -0.2) is 49.5 Å². The smallest absolute Gasteiger partial charge is 0.236 e. The Bertz CT molecular complexity index is 225. The summed E-state index contributed by atoms with van der Waals surface area (Å²) >= 11 is 0. The second-order valence-electron chi connectivity index (χ2n) is 4.81. The Morgan fingerprint density at radius 1 is 1.26 bits per heavy atom. The predicted octanol–water partition coefficient (Wildman–Crippen LogP) is 1.06. The molecule has 0 saturated carbocycles. The molecule has 0 spiro atoms. The molecule has 5 heteroatoms. The van der Waals surface area contributed by atoms with Gasteiger partial charge in [-0.2, -0.15) is 0 Å². The van der Waals surface area contributed by atoms with E-state index in [9.17, 15) is 9.90 Å². The first-order valence-corrected chi connectivity index (χ1v) is 7.38. The van der Waals surface area contributed by atoms with Crippen LogP contribution in [0, 0.1) is 0 Å². The van der Waals surface area contributed by atoms with E-state index in [0.717, 1.165) is 6.42 Å². The van der Waals surface area contributed by atoms with Crippen LogP contribution in [0.3, 0.4) is 0 Å². The van der Waals surface area contributed by atoms with Crippen molar-refractivity contribution in [3.8, 4) is 0 Å². The number of nitrogens with one attached hydrogen (secondary N) is 2. The molecule has 0 aliphatic heterocycles. The molecule has 0 aliphatic carbocycles. The van der Waals surface area contributed by atoms with Gasteiger partial charge in [-0.3, -0.25) is 4.79 Å². The number of aliphatic hydroxyl groups excluding tert-OH is 1. The highest BCUT2D eigenvalue weighted by molar-refractivity contribution is 5.81. The first-order valence-electron chi connectivity index (χ1n) is 7.38. The summed E-state index contributed by atoms with van der Waals surface area (Å²) < 4.78 is 5.39. The van der Waals surface area contributed by atoms with Crippen LogP contribution in [0.5, 0.6) is 0 Å². The Kier molecular flexibility index (Phi) is 12.0. The largest absolute Gasteiger partial charge is 0.389 e. The summed E-state index contributed by atoms with van der Waals surface area (Å²) in [6, 6.07) is -0.292. The topological polar surface area (TPSA) is 70.6 Å². The zero-order valence-electron chi connectivity index (χ0n) is 12.6. The van der Waals surface area contributed by atoms with E-state index < -0.39 is 6.10 Å². The average molecular weight is 274 g/mol. The summed E-state index contributed by atoms with van der Waals surface area (Å²) in [5.41, 5.74) is 0. The molecule has 1 amide bonds. The van der Waals surface area contributed by atoms with Crippen molar-refractivity contribution in [1.29, 1.82) is 0 Å². The molecule has 0 fully saturated rings. The fraction of sp³-hybridized carbons (Fsp3) is 0.929. The summed E-state index contributed by atoms with van der Waals surface area (Å²) in [4.78, 5) is 11.4. The second-order valence-corrected chi connectivity index (χ2v) is 4.81. The molecule has 5 nitrogen and oxygen atoms in total. The number of likely N-dealkylation sites (N-methyl/N-ethyl adjacent to an activating group) is 1. The molecule has 3 N–H and O–H groups in total. The van der Waals surface area contributed by atoms with E-state index in [1.807, 2.05) is 6.92 Å². The number of unbranched alkanes of at least 4 members (excludes halogenated alkanes) is 3.